The molecule has 0 saturated heterocycles. The first-order valence-electron chi connectivity index (χ1n) is 9.38. The third kappa shape index (κ3) is 5.01. The van der Waals surface area contributed by atoms with Crippen molar-refractivity contribution in [1.29, 1.82) is 0 Å². The van der Waals surface area contributed by atoms with Gasteiger partial charge in [-0.3, -0.25) is 14.5 Å². The Hall–Kier alpha value is -2.61. The fraction of sp³-hybridized carbons (Fsp3) is 0.400. The van der Waals surface area contributed by atoms with Crippen LogP contribution in [-0.4, -0.2) is 33.0 Å². The van der Waals surface area contributed by atoms with E-state index >= 15 is 0 Å². The summed E-state index contributed by atoms with van der Waals surface area (Å²) < 4.78 is 33.2. The van der Waals surface area contributed by atoms with Gasteiger partial charge in [0.15, 0.2) is 0 Å². The lowest BCUT2D eigenvalue weighted by atomic mass is 10.0. The molecule has 1 amide bonds. The Morgan fingerprint density at radius 3 is 2.71 bits per heavy atom. The molecule has 28 heavy (non-hydrogen) atoms. The topological polar surface area (TPSA) is 97.4 Å². The number of carbonyl (C=O) groups excluding carboxylic acids is 1. The first kappa shape index (κ1) is 20.1. The zero-order chi connectivity index (χ0) is 20.0. The molecule has 0 spiro atoms. The summed E-state index contributed by atoms with van der Waals surface area (Å²) in [6.45, 7) is 0.547. The maximum atomic E-state index is 12.8. The van der Waals surface area contributed by atoms with Crippen LogP contribution in [0.4, 0.5) is 5.69 Å². The van der Waals surface area contributed by atoms with Crippen molar-refractivity contribution in [3.8, 4) is 5.75 Å². The Bertz CT molecular complexity index is 925. The molecule has 0 bridgehead atoms. The van der Waals surface area contributed by atoms with Crippen LogP contribution in [0.1, 0.15) is 42.5 Å². The Balaban J connectivity index is 1.73. The van der Waals surface area contributed by atoms with E-state index in [9.17, 15) is 13.2 Å². The normalized spacial score (nSPS) is 14.6. The number of aromatic nitrogens is 1. The number of amides is 1. The molecular formula is C20H25N3O4S. The summed E-state index contributed by atoms with van der Waals surface area (Å²) >= 11 is 0. The second kappa shape index (κ2) is 9.05. The van der Waals surface area contributed by atoms with Crippen molar-refractivity contribution < 1.29 is 17.9 Å². The van der Waals surface area contributed by atoms with Crippen LogP contribution in [0.3, 0.4) is 0 Å². The molecule has 7 nitrogen and oxygen atoms in total. The highest BCUT2D eigenvalue weighted by molar-refractivity contribution is 7.92. The van der Waals surface area contributed by atoms with Gasteiger partial charge in [0, 0.05) is 12.6 Å². The Kier molecular flexibility index (Phi) is 6.51. The predicted molar refractivity (Wildman–Crippen MR) is 107 cm³/mol. The highest BCUT2D eigenvalue weighted by Gasteiger charge is 2.23. The van der Waals surface area contributed by atoms with E-state index in [1.165, 1.54) is 63.4 Å². The van der Waals surface area contributed by atoms with Gasteiger partial charge in [0.2, 0.25) is 0 Å². The van der Waals surface area contributed by atoms with Crippen molar-refractivity contribution in [1.82, 2.24) is 10.3 Å². The lowest BCUT2D eigenvalue weighted by Crippen LogP contribution is -2.28. The third-order valence-corrected chi connectivity index (χ3v) is 6.37. The lowest BCUT2D eigenvalue weighted by molar-refractivity contribution is 0.0948. The molecule has 1 heterocycles. The van der Waals surface area contributed by atoms with Gasteiger partial charge in [-0.25, -0.2) is 8.42 Å². The minimum Gasteiger partial charge on any atom is -0.495 e. The Morgan fingerprint density at radius 1 is 1.21 bits per heavy atom. The first-order chi connectivity index (χ1) is 13.5. The van der Waals surface area contributed by atoms with E-state index in [0.717, 1.165) is 6.42 Å². The average molecular weight is 404 g/mol. The lowest BCUT2D eigenvalue weighted by Gasteiger charge is -2.14. The molecular weight excluding hydrogens is 378 g/mol. The predicted octanol–water partition coefficient (Wildman–Crippen LogP) is 3.20. The van der Waals surface area contributed by atoms with Crippen LogP contribution < -0.4 is 14.8 Å². The average Bonchev–Trinajstić information content (AvgIpc) is 3.21. The summed E-state index contributed by atoms with van der Waals surface area (Å²) in [5.41, 5.74) is 0.382. The van der Waals surface area contributed by atoms with Gasteiger partial charge >= 0.3 is 0 Å². The van der Waals surface area contributed by atoms with Crippen LogP contribution in [0.25, 0.3) is 0 Å². The highest BCUT2D eigenvalue weighted by atomic mass is 32.2. The molecule has 2 aromatic rings. The maximum Gasteiger partial charge on any atom is 0.262 e. The van der Waals surface area contributed by atoms with Crippen molar-refractivity contribution >= 4 is 21.6 Å². The molecule has 0 radical (unpaired) electrons. The number of methoxy groups -OCH3 is 1. The van der Waals surface area contributed by atoms with Crippen LogP contribution in [0.5, 0.6) is 5.75 Å². The van der Waals surface area contributed by atoms with Crippen molar-refractivity contribution in [2.75, 3.05) is 18.4 Å². The van der Waals surface area contributed by atoms with Crippen LogP contribution in [0, 0.1) is 5.92 Å². The van der Waals surface area contributed by atoms with Crippen LogP contribution in [-0.2, 0) is 10.0 Å². The fourth-order valence-corrected chi connectivity index (χ4v) is 4.71. The smallest absolute Gasteiger partial charge is 0.262 e. The van der Waals surface area contributed by atoms with E-state index in [1.807, 2.05) is 0 Å². The standard InChI is InChI=1S/C20H25N3O4S/c1-27-17-12-16(13-21-14-17)23-28(25,26)19-9-5-4-8-18(19)20(24)22-11-10-15-6-2-3-7-15/h4-5,8-9,12-15,23H,2-3,6-7,10-11H2,1H3,(H,22,24). The number of nitrogens with zero attached hydrogens (tertiary/aromatic N) is 1. The molecule has 0 aliphatic heterocycles. The summed E-state index contributed by atoms with van der Waals surface area (Å²) in [7, 11) is -2.49. The summed E-state index contributed by atoms with van der Waals surface area (Å²) in [5.74, 6) is 0.697. The Morgan fingerprint density at radius 2 is 1.96 bits per heavy atom. The second-order valence-electron chi connectivity index (χ2n) is 6.91. The van der Waals surface area contributed by atoms with Crippen molar-refractivity contribution in [3.05, 3.63) is 48.3 Å². The van der Waals surface area contributed by atoms with E-state index in [1.54, 1.807) is 12.1 Å². The molecule has 3 rings (SSSR count). The fourth-order valence-electron chi connectivity index (χ4n) is 3.47. The van der Waals surface area contributed by atoms with Crippen LogP contribution in [0.15, 0.2) is 47.6 Å². The molecule has 0 atom stereocenters. The second-order valence-corrected chi connectivity index (χ2v) is 8.56. The monoisotopic (exact) mass is 403 g/mol. The number of hydrogen-bond donors (Lipinski definition) is 2. The van der Waals surface area contributed by atoms with Gasteiger partial charge in [-0.2, -0.15) is 0 Å². The zero-order valence-electron chi connectivity index (χ0n) is 15.8. The van der Waals surface area contributed by atoms with Crippen molar-refractivity contribution in [3.63, 3.8) is 0 Å². The number of rotatable bonds is 8. The van der Waals surface area contributed by atoms with Crippen LogP contribution in [0.2, 0.25) is 0 Å². The number of ether oxygens (including phenoxy) is 1. The maximum absolute atomic E-state index is 12.8. The molecule has 1 aromatic carbocycles. The van der Waals surface area contributed by atoms with Crippen molar-refractivity contribution in [2.45, 2.75) is 37.0 Å². The van der Waals surface area contributed by atoms with Gasteiger partial charge in [-0.1, -0.05) is 37.8 Å². The molecule has 2 N–H and O–H groups in total. The SMILES string of the molecule is COc1cncc(NS(=O)(=O)c2ccccc2C(=O)NCCC2CCCC2)c1. The number of hydrogen-bond acceptors (Lipinski definition) is 5. The minimum absolute atomic E-state index is 0.0730. The number of nitrogens with one attached hydrogen (secondary N) is 2. The molecule has 1 fully saturated rings. The molecule has 150 valence electrons. The molecule has 1 aromatic heterocycles. The van der Waals surface area contributed by atoms with E-state index < -0.39 is 10.0 Å². The van der Waals surface area contributed by atoms with E-state index in [0.29, 0.717) is 18.2 Å². The van der Waals surface area contributed by atoms with Crippen molar-refractivity contribution in [2.24, 2.45) is 5.92 Å². The van der Waals surface area contributed by atoms with Gasteiger partial charge in [0.1, 0.15) is 10.6 Å². The summed E-state index contributed by atoms with van der Waals surface area (Å²) in [5, 5.41) is 2.86. The van der Waals surface area contributed by atoms with Gasteiger partial charge in [-0.15, -0.1) is 0 Å². The Labute approximate surface area is 165 Å². The van der Waals surface area contributed by atoms with Crippen LogP contribution >= 0.6 is 0 Å². The number of pyridine rings is 1. The number of carbonyl (C=O) groups is 1. The summed E-state index contributed by atoms with van der Waals surface area (Å²) in [6, 6.07) is 7.70. The summed E-state index contributed by atoms with van der Waals surface area (Å²) in [4.78, 5) is 16.5. The number of benzene rings is 1. The van der Waals surface area contributed by atoms with Gasteiger partial charge in [0.25, 0.3) is 15.9 Å². The number of anilines is 1. The quantitative estimate of drug-likeness (QED) is 0.705. The molecule has 1 saturated carbocycles. The van der Waals surface area contributed by atoms with Gasteiger partial charge in [0.05, 0.1) is 30.8 Å². The minimum atomic E-state index is -3.96. The highest BCUT2D eigenvalue weighted by Crippen LogP contribution is 2.27. The molecule has 8 heteroatoms. The van der Waals surface area contributed by atoms with Gasteiger partial charge in [-0.05, 0) is 24.5 Å². The largest absolute Gasteiger partial charge is 0.495 e. The van der Waals surface area contributed by atoms with E-state index in [4.69, 9.17) is 4.74 Å². The number of sulfonamides is 1. The van der Waals surface area contributed by atoms with E-state index in [2.05, 4.69) is 15.0 Å². The van der Waals surface area contributed by atoms with Gasteiger partial charge < -0.3 is 10.1 Å². The zero-order valence-corrected chi connectivity index (χ0v) is 16.7. The summed E-state index contributed by atoms with van der Waals surface area (Å²) in [6.07, 6.45) is 8.70. The first-order valence-corrected chi connectivity index (χ1v) is 10.9. The van der Waals surface area contributed by atoms with E-state index in [-0.39, 0.29) is 22.1 Å². The molecule has 0 unspecified atom stereocenters. The molecule has 1 aliphatic carbocycles. The third-order valence-electron chi connectivity index (χ3n) is 4.94. The molecule has 1 aliphatic rings.